The second kappa shape index (κ2) is 14.8. The molecule has 3 N–H and O–H groups in total. The summed E-state index contributed by atoms with van der Waals surface area (Å²) in [4.78, 5) is 37.0. The Morgan fingerprint density at radius 2 is 1.52 bits per heavy atom. The van der Waals surface area contributed by atoms with E-state index in [9.17, 15) is 19.5 Å². The van der Waals surface area contributed by atoms with Gasteiger partial charge in [-0.15, -0.1) is 0 Å². The molecule has 0 radical (unpaired) electrons. The fourth-order valence-electron chi connectivity index (χ4n) is 4.34. The molecule has 8 heteroatoms. The van der Waals surface area contributed by atoms with Gasteiger partial charge in [-0.2, -0.15) is 0 Å². The first-order chi connectivity index (χ1) is 19.2. The number of benzene rings is 3. The normalized spacial score (nSPS) is 12.7. The van der Waals surface area contributed by atoms with Crippen molar-refractivity contribution in [2.75, 3.05) is 13.7 Å². The van der Waals surface area contributed by atoms with Gasteiger partial charge in [0.1, 0.15) is 18.4 Å². The number of ether oxygens (including phenoxy) is 2. The van der Waals surface area contributed by atoms with Gasteiger partial charge in [0.2, 0.25) is 5.91 Å². The van der Waals surface area contributed by atoms with E-state index in [-0.39, 0.29) is 11.8 Å². The van der Waals surface area contributed by atoms with E-state index in [0.717, 1.165) is 22.4 Å². The number of amides is 1. The van der Waals surface area contributed by atoms with Crippen LogP contribution in [-0.4, -0.2) is 48.7 Å². The predicted octanol–water partition coefficient (Wildman–Crippen LogP) is 4.27. The number of hydrogen-bond donors (Lipinski definition) is 3. The van der Waals surface area contributed by atoms with Crippen LogP contribution < -0.4 is 15.4 Å². The van der Waals surface area contributed by atoms with Crippen LogP contribution >= 0.6 is 0 Å². The van der Waals surface area contributed by atoms with Gasteiger partial charge in [0.05, 0.1) is 19.6 Å². The van der Waals surface area contributed by atoms with Gasteiger partial charge < -0.3 is 25.2 Å². The first-order valence-corrected chi connectivity index (χ1v) is 13.3. The van der Waals surface area contributed by atoms with Crippen LogP contribution in [-0.2, 0) is 37.6 Å². The Balaban J connectivity index is 1.61. The molecule has 0 spiro atoms. The highest BCUT2D eigenvalue weighted by molar-refractivity contribution is 5.90. The lowest BCUT2D eigenvalue weighted by Crippen LogP contribution is -2.52. The lowest BCUT2D eigenvalue weighted by molar-refractivity contribution is -0.145. The quantitative estimate of drug-likeness (QED) is 0.244. The lowest BCUT2D eigenvalue weighted by Gasteiger charge is -2.27. The van der Waals surface area contributed by atoms with Gasteiger partial charge in [-0.1, -0.05) is 86.6 Å². The number of aliphatic carboxylic acids is 1. The number of carbonyl (C=O) groups is 3. The average Bonchev–Trinajstić information content (AvgIpc) is 2.95. The number of esters is 1. The van der Waals surface area contributed by atoms with Crippen molar-refractivity contribution in [2.45, 2.75) is 57.2 Å². The Kier molecular flexibility index (Phi) is 11.3. The van der Waals surface area contributed by atoms with E-state index >= 15 is 0 Å². The zero-order valence-corrected chi connectivity index (χ0v) is 23.3. The molecule has 40 heavy (non-hydrogen) atoms. The Bertz CT molecular complexity index is 1250. The molecule has 0 bridgehead atoms. The van der Waals surface area contributed by atoms with E-state index in [1.54, 1.807) is 0 Å². The zero-order chi connectivity index (χ0) is 29.0. The molecule has 0 saturated heterocycles. The molecule has 8 nitrogen and oxygen atoms in total. The van der Waals surface area contributed by atoms with E-state index in [1.165, 1.54) is 7.11 Å². The van der Waals surface area contributed by atoms with Gasteiger partial charge in [0.15, 0.2) is 0 Å². The number of carboxylic acid groups (broad SMARTS) is 1. The van der Waals surface area contributed by atoms with Crippen molar-refractivity contribution in [3.05, 3.63) is 102 Å². The van der Waals surface area contributed by atoms with Crippen LogP contribution in [0.5, 0.6) is 5.75 Å². The molecule has 0 fully saturated rings. The first-order valence-electron chi connectivity index (χ1n) is 13.3. The number of carbonyl (C=O) groups excluding carboxylic acids is 2. The third kappa shape index (κ3) is 9.54. The summed E-state index contributed by atoms with van der Waals surface area (Å²) < 4.78 is 10.9. The highest BCUT2D eigenvalue weighted by Crippen LogP contribution is 2.29. The second-order valence-electron chi connectivity index (χ2n) is 10.3. The third-order valence-electron chi connectivity index (χ3n) is 6.78. The fourth-order valence-corrected chi connectivity index (χ4v) is 4.34. The Labute approximate surface area is 235 Å². The molecule has 0 saturated carbocycles. The molecule has 0 aliphatic rings. The van der Waals surface area contributed by atoms with Gasteiger partial charge in [-0.25, -0.2) is 4.79 Å². The molecular formula is C32H38N2O6. The standard InChI is InChI=1S/C32H38N2O6/c1-32(2,25-15-10-16-26(20-25)40-22-24-13-8-5-9-14-24)17-18-33-27(21-29(35)36)30(37)34-28(31(38)39-3)19-23-11-6-4-7-12-23/h4-16,20,27-28,33H,17-19,21-22H2,1-3H3,(H,34,37)(H,35,36)/t27-,28+/m1/s1. The SMILES string of the molecule is COC(=O)[C@H](Cc1ccccc1)NC(=O)[C@@H](CC(=O)O)NCCC(C)(C)c1cccc(OCc2ccccc2)c1. The number of rotatable bonds is 15. The van der Waals surface area contributed by atoms with Gasteiger partial charge in [0, 0.05) is 6.42 Å². The maximum atomic E-state index is 13.1. The maximum absolute atomic E-state index is 13.1. The van der Waals surface area contributed by atoms with Crippen LogP contribution in [0, 0.1) is 0 Å². The largest absolute Gasteiger partial charge is 0.489 e. The topological polar surface area (TPSA) is 114 Å². The van der Waals surface area contributed by atoms with Crippen molar-refractivity contribution in [2.24, 2.45) is 0 Å². The molecule has 0 aliphatic carbocycles. The van der Waals surface area contributed by atoms with Crippen molar-refractivity contribution in [1.82, 2.24) is 10.6 Å². The smallest absolute Gasteiger partial charge is 0.328 e. The van der Waals surface area contributed by atoms with E-state index in [4.69, 9.17) is 9.47 Å². The minimum Gasteiger partial charge on any atom is -0.489 e. The van der Waals surface area contributed by atoms with Crippen LogP contribution in [0.2, 0.25) is 0 Å². The predicted molar refractivity (Wildman–Crippen MR) is 153 cm³/mol. The molecule has 0 aromatic heterocycles. The van der Waals surface area contributed by atoms with Crippen LogP contribution in [0.1, 0.15) is 43.4 Å². The monoisotopic (exact) mass is 546 g/mol. The lowest BCUT2D eigenvalue weighted by atomic mass is 9.81. The molecule has 3 aromatic carbocycles. The van der Waals surface area contributed by atoms with Gasteiger partial charge in [-0.05, 0) is 47.2 Å². The van der Waals surface area contributed by atoms with Crippen LogP contribution in [0.3, 0.4) is 0 Å². The number of nitrogens with one attached hydrogen (secondary N) is 2. The van der Waals surface area contributed by atoms with Crippen molar-refractivity contribution in [3.63, 3.8) is 0 Å². The summed E-state index contributed by atoms with van der Waals surface area (Å²) in [5.74, 6) is -1.52. The molecule has 0 aliphatic heterocycles. The van der Waals surface area contributed by atoms with E-state index in [2.05, 4.69) is 24.5 Å². The van der Waals surface area contributed by atoms with Crippen molar-refractivity contribution >= 4 is 17.8 Å². The Hall–Kier alpha value is -4.17. The van der Waals surface area contributed by atoms with Crippen molar-refractivity contribution < 1.29 is 29.0 Å². The molecular weight excluding hydrogens is 508 g/mol. The number of methoxy groups -OCH3 is 1. The third-order valence-corrected chi connectivity index (χ3v) is 6.78. The number of hydrogen-bond acceptors (Lipinski definition) is 6. The second-order valence-corrected chi connectivity index (χ2v) is 10.3. The molecule has 0 heterocycles. The highest BCUT2D eigenvalue weighted by Gasteiger charge is 2.29. The molecule has 3 rings (SSSR count). The highest BCUT2D eigenvalue weighted by atomic mass is 16.5. The van der Waals surface area contributed by atoms with E-state index in [0.29, 0.717) is 19.6 Å². The van der Waals surface area contributed by atoms with Crippen LogP contribution in [0.4, 0.5) is 0 Å². The molecule has 0 unspecified atom stereocenters. The van der Waals surface area contributed by atoms with Crippen LogP contribution in [0.15, 0.2) is 84.9 Å². The summed E-state index contributed by atoms with van der Waals surface area (Å²) in [7, 11) is 1.25. The summed E-state index contributed by atoms with van der Waals surface area (Å²) in [5, 5.41) is 15.2. The average molecular weight is 547 g/mol. The zero-order valence-electron chi connectivity index (χ0n) is 23.3. The minimum atomic E-state index is -1.12. The maximum Gasteiger partial charge on any atom is 0.328 e. The Morgan fingerprint density at radius 1 is 0.875 bits per heavy atom. The van der Waals surface area contributed by atoms with Crippen LogP contribution in [0.25, 0.3) is 0 Å². The van der Waals surface area contributed by atoms with Gasteiger partial charge in [0.25, 0.3) is 0 Å². The summed E-state index contributed by atoms with van der Waals surface area (Å²) in [6.07, 6.45) is 0.437. The molecule has 212 valence electrons. The Morgan fingerprint density at radius 3 is 2.15 bits per heavy atom. The first kappa shape index (κ1) is 30.4. The molecule has 1 amide bonds. The summed E-state index contributed by atoms with van der Waals surface area (Å²) in [6, 6.07) is 25.1. The van der Waals surface area contributed by atoms with Crippen molar-refractivity contribution in [1.29, 1.82) is 0 Å². The van der Waals surface area contributed by atoms with E-state index in [1.807, 2.05) is 84.9 Å². The summed E-state index contributed by atoms with van der Waals surface area (Å²) in [5.41, 5.74) is 2.70. The van der Waals surface area contributed by atoms with E-state index < -0.39 is 36.4 Å². The van der Waals surface area contributed by atoms with Crippen molar-refractivity contribution in [3.8, 4) is 5.75 Å². The fraction of sp³-hybridized carbons (Fsp3) is 0.344. The van der Waals surface area contributed by atoms with Gasteiger partial charge >= 0.3 is 11.9 Å². The van der Waals surface area contributed by atoms with Gasteiger partial charge in [-0.3, -0.25) is 9.59 Å². The minimum absolute atomic E-state index is 0.231. The summed E-state index contributed by atoms with van der Waals surface area (Å²) >= 11 is 0. The number of carboxylic acids is 1. The molecule has 2 atom stereocenters. The molecule has 3 aromatic rings. The summed E-state index contributed by atoms with van der Waals surface area (Å²) in [6.45, 7) is 5.03.